The fraction of sp³-hybridized carbons (Fsp3) is 0.750. The minimum atomic E-state index is -0.273. The van der Waals surface area contributed by atoms with Crippen molar-refractivity contribution in [1.29, 1.82) is 0 Å². The quantitative estimate of drug-likeness (QED) is 0.900. The van der Waals surface area contributed by atoms with Crippen molar-refractivity contribution in [2.45, 2.75) is 45.2 Å². The molecule has 1 N–H and O–H groups in total. The minimum absolute atomic E-state index is 0.189. The molecule has 21 heavy (non-hydrogen) atoms. The van der Waals surface area contributed by atoms with Crippen molar-refractivity contribution >= 4 is 0 Å². The van der Waals surface area contributed by atoms with Crippen LogP contribution in [0.1, 0.15) is 38.2 Å². The van der Waals surface area contributed by atoms with Gasteiger partial charge in [-0.3, -0.25) is 9.36 Å². The molecule has 0 saturated heterocycles. The van der Waals surface area contributed by atoms with Crippen LogP contribution in [0.2, 0.25) is 0 Å². The highest BCUT2D eigenvalue weighted by Crippen LogP contribution is 2.49. The first-order valence-corrected chi connectivity index (χ1v) is 7.96. The molecule has 2 bridgehead atoms. The minimum Gasteiger partial charge on any atom is -0.310 e. The van der Waals surface area contributed by atoms with Gasteiger partial charge in [0.25, 0.3) is 5.56 Å². The molecule has 2 saturated carbocycles. The second-order valence-corrected chi connectivity index (χ2v) is 6.92. The second-order valence-electron chi connectivity index (χ2n) is 6.92. The molecule has 0 spiro atoms. The highest BCUT2D eigenvalue weighted by molar-refractivity contribution is 5.06. The number of nitrogens with one attached hydrogen (secondary N) is 1. The third-order valence-electron chi connectivity index (χ3n) is 5.57. The Hall–Kier alpha value is -1.36. The van der Waals surface area contributed by atoms with Crippen LogP contribution in [0.4, 0.5) is 0 Å². The van der Waals surface area contributed by atoms with E-state index in [2.05, 4.69) is 12.2 Å². The number of nitrogens with zero attached hydrogens (tertiary/aromatic N) is 2. The summed E-state index contributed by atoms with van der Waals surface area (Å²) in [6.07, 6.45) is 7.19. The van der Waals surface area contributed by atoms with E-state index in [1.165, 1.54) is 41.9 Å². The van der Waals surface area contributed by atoms with Gasteiger partial charge in [-0.2, -0.15) is 0 Å². The van der Waals surface area contributed by atoms with Crippen molar-refractivity contribution in [2.75, 3.05) is 0 Å². The summed E-state index contributed by atoms with van der Waals surface area (Å²) in [7, 11) is 3.22. The lowest BCUT2D eigenvalue weighted by Gasteiger charge is -2.28. The Kier molecular flexibility index (Phi) is 3.78. The normalized spacial score (nSPS) is 29.0. The number of aryl methyl sites for hydroxylation is 1. The van der Waals surface area contributed by atoms with Crippen LogP contribution in [0.3, 0.4) is 0 Å². The van der Waals surface area contributed by atoms with Crippen LogP contribution in [-0.4, -0.2) is 15.2 Å². The zero-order valence-electron chi connectivity index (χ0n) is 13.1. The molecule has 1 aromatic rings. The van der Waals surface area contributed by atoms with Crippen LogP contribution in [-0.2, 0) is 20.6 Å². The molecule has 4 atom stereocenters. The van der Waals surface area contributed by atoms with Gasteiger partial charge in [-0.05, 0) is 43.9 Å². The second kappa shape index (κ2) is 5.44. The first kappa shape index (κ1) is 14.6. The van der Waals surface area contributed by atoms with Crippen LogP contribution >= 0.6 is 0 Å². The van der Waals surface area contributed by atoms with Crippen LogP contribution in [0.5, 0.6) is 0 Å². The summed E-state index contributed by atoms with van der Waals surface area (Å²) < 4.78 is 2.65. The highest BCUT2D eigenvalue weighted by Gasteiger charge is 2.41. The van der Waals surface area contributed by atoms with E-state index in [9.17, 15) is 9.59 Å². The molecule has 1 heterocycles. The molecule has 0 aliphatic heterocycles. The summed E-state index contributed by atoms with van der Waals surface area (Å²) in [4.78, 5) is 23.8. The van der Waals surface area contributed by atoms with Crippen molar-refractivity contribution in [3.63, 3.8) is 0 Å². The van der Waals surface area contributed by atoms with Crippen LogP contribution in [0, 0.1) is 17.8 Å². The van der Waals surface area contributed by atoms with Gasteiger partial charge >= 0.3 is 5.69 Å². The fourth-order valence-electron chi connectivity index (χ4n) is 4.33. The Balaban J connectivity index is 1.68. The summed E-state index contributed by atoms with van der Waals surface area (Å²) in [5.41, 5.74) is 0.199. The Morgan fingerprint density at radius 3 is 2.67 bits per heavy atom. The molecule has 5 heteroatoms. The van der Waals surface area contributed by atoms with E-state index in [1.54, 1.807) is 13.2 Å². The number of hydrogen-bond donors (Lipinski definition) is 1. The van der Waals surface area contributed by atoms with Gasteiger partial charge in [0.15, 0.2) is 0 Å². The Morgan fingerprint density at radius 2 is 2.05 bits per heavy atom. The molecule has 0 aromatic carbocycles. The molecular weight excluding hydrogens is 266 g/mol. The van der Waals surface area contributed by atoms with E-state index in [-0.39, 0.29) is 11.2 Å². The standard InChI is InChI=1S/C16H25N3O2/c1-10(14-7-11-4-5-12(14)6-11)17-8-13-9-18(2)16(21)19(3)15(13)20/h9-12,14,17H,4-8H2,1-3H3. The summed E-state index contributed by atoms with van der Waals surface area (Å²) in [6, 6.07) is 0.433. The third-order valence-corrected chi connectivity index (χ3v) is 5.57. The molecule has 116 valence electrons. The predicted octanol–water partition coefficient (Wildman–Crippen LogP) is 0.998. The molecule has 2 aliphatic rings. The first-order chi connectivity index (χ1) is 9.97. The van der Waals surface area contributed by atoms with E-state index in [0.29, 0.717) is 18.2 Å². The van der Waals surface area contributed by atoms with E-state index in [1.807, 2.05) is 0 Å². The molecule has 2 aliphatic carbocycles. The van der Waals surface area contributed by atoms with Gasteiger partial charge in [0, 0.05) is 38.4 Å². The predicted molar refractivity (Wildman–Crippen MR) is 82.2 cm³/mol. The SMILES string of the molecule is CC(NCc1cn(C)c(=O)n(C)c1=O)C1CC2CCC1C2. The number of rotatable bonds is 4. The molecule has 1 aromatic heterocycles. The maximum absolute atomic E-state index is 12.1. The van der Waals surface area contributed by atoms with Crippen molar-refractivity contribution in [2.24, 2.45) is 31.8 Å². The number of fused-ring (bicyclic) bond motifs is 2. The van der Waals surface area contributed by atoms with Crippen molar-refractivity contribution < 1.29 is 0 Å². The third kappa shape index (κ3) is 2.59. The summed E-state index contributed by atoms with van der Waals surface area (Å²) in [5, 5.41) is 3.51. The van der Waals surface area contributed by atoms with Gasteiger partial charge in [-0.1, -0.05) is 6.42 Å². The average molecular weight is 291 g/mol. The average Bonchev–Trinajstić information content (AvgIpc) is 3.10. The van der Waals surface area contributed by atoms with Gasteiger partial charge in [0.05, 0.1) is 0 Å². The van der Waals surface area contributed by atoms with Crippen molar-refractivity contribution in [3.8, 4) is 0 Å². The van der Waals surface area contributed by atoms with E-state index >= 15 is 0 Å². The maximum Gasteiger partial charge on any atom is 0.330 e. The molecule has 0 amide bonds. The maximum atomic E-state index is 12.1. The van der Waals surface area contributed by atoms with Crippen LogP contribution in [0.15, 0.2) is 15.8 Å². The lowest BCUT2D eigenvalue weighted by Crippen LogP contribution is -2.41. The fourth-order valence-corrected chi connectivity index (χ4v) is 4.33. The Labute approximate surface area is 125 Å². The summed E-state index contributed by atoms with van der Waals surface area (Å²) in [5.74, 6) is 2.57. The number of hydrogen-bond acceptors (Lipinski definition) is 3. The highest BCUT2D eigenvalue weighted by atomic mass is 16.2. The van der Waals surface area contributed by atoms with Gasteiger partial charge < -0.3 is 9.88 Å². The van der Waals surface area contributed by atoms with Gasteiger partial charge in [-0.15, -0.1) is 0 Å². The molecule has 3 rings (SSSR count). The van der Waals surface area contributed by atoms with Gasteiger partial charge in [-0.25, -0.2) is 4.79 Å². The van der Waals surface area contributed by atoms with Crippen molar-refractivity contribution in [3.05, 3.63) is 32.6 Å². The van der Waals surface area contributed by atoms with Crippen LogP contribution < -0.4 is 16.6 Å². The zero-order valence-corrected chi connectivity index (χ0v) is 13.1. The van der Waals surface area contributed by atoms with Crippen LogP contribution in [0.25, 0.3) is 0 Å². The Bertz CT molecular complexity index is 646. The largest absolute Gasteiger partial charge is 0.330 e. The number of aromatic nitrogens is 2. The van der Waals surface area contributed by atoms with E-state index < -0.39 is 0 Å². The lowest BCUT2D eigenvalue weighted by atomic mass is 9.84. The molecular formula is C16H25N3O2. The topological polar surface area (TPSA) is 56.0 Å². The zero-order chi connectivity index (χ0) is 15.1. The smallest absolute Gasteiger partial charge is 0.310 e. The Morgan fingerprint density at radius 1 is 1.29 bits per heavy atom. The van der Waals surface area contributed by atoms with Crippen molar-refractivity contribution in [1.82, 2.24) is 14.5 Å². The molecule has 4 unspecified atom stereocenters. The molecule has 5 nitrogen and oxygen atoms in total. The molecule has 0 radical (unpaired) electrons. The van der Waals surface area contributed by atoms with Gasteiger partial charge in [0.1, 0.15) is 0 Å². The van der Waals surface area contributed by atoms with E-state index in [4.69, 9.17) is 0 Å². The van der Waals surface area contributed by atoms with Gasteiger partial charge in [0.2, 0.25) is 0 Å². The monoisotopic (exact) mass is 291 g/mol. The lowest BCUT2D eigenvalue weighted by molar-refractivity contribution is 0.259. The molecule has 2 fully saturated rings. The summed E-state index contributed by atoms with van der Waals surface area (Å²) >= 11 is 0. The first-order valence-electron chi connectivity index (χ1n) is 7.96. The van der Waals surface area contributed by atoms with E-state index in [0.717, 1.165) is 17.8 Å². The summed E-state index contributed by atoms with van der Waals surface area (Å²) in [6.45, 7) is 2.77.